The van der Waals surface area contributed by atoms with Gasteiger partial charge in [-0.25, -0.2) is 19.6 Å². The fourth-order valence-electron chi connectivity index (χ4n) is 5.35. The quantitative estimate of drug-likeness (QED) is 0.211. The number of nitrogens with zero attached hydrogens (tertiary/aromatic N) is 8. The van der Waals surface area contributed by atoms with Gasteiger partial charge < -0.3 is 14.7 Å². The fraction of sp³-hybridized carbons (Fsp3) is 0.353. The minimum absolute atomic E-state index is 0.0561. The van der Waals surface area contributed by atoms with Gasteiger partial charge in [0.1, 0.15) is 18.1 Å². The maximum absolute atomic E-state index is 13.7. The molecule has 6 rings (SSSR count). The summed E-state index contributed by atoms with van der Waals surface area (Å²) in [6, 6.07) is 13.1. The third-order valence-corrected chi connectivity index (χ3v) is 9.79. The highest BCUT2D eigenvalue weighted by atomic mass is 32.2. The number of carboxylic acids is 1. The molecule has 6 bridgehead atoms. The second kappa shape index (κ2) is 13.6. The van der Waals surface area contributed by atoms with E-state index in [1.165, 1.54) is 35.3 Å². The molecule has 0 atom stereocenters. The van der Waals surface area contributed by atoms with Gasteiger partial charge in [0.05, 0.1) is 23.2 Å². The van der Waals surface area contributed by atoms with E-state index in [0.29, 0.717) is 30.6 Å². The number of carboxylic acid groups (broad SMARTS) is 1. The average molecular weight is 740 g/mol. The molecule has 274 valence electrons. The van der Waals surface area contributed by atoms with E-state index in [1.807, 2.05) is 18.3 Å². The normalized spacial score (nSPS) is 14.9. The summed E-state index contributed by atoms with van der Waals surface area (Å²) in [7, 11) is -4.35. The van der Waals surface area contributed by atoms with Crippen molar-refractivity contribution in [3.63, 3.8) is 0 Å². The van der Waals surface area contributed by atoms with Gasteiger partial charge >= 0.3 is 12.1 Å². The molecule has 14 nitrogen and oxygen atoms in total. The summed E-state index contributed by atoms with van der Waals surface area (Å²) in [4.78, 5) is 27.4. The number of hydrogen-bond donors (Lipinski definition) is 2. The van der Waals surface area contributed by atoms with E-state index in [0.717, 1.165) is 19.4 Å². The van der Waals surface area contributed by atoms with Crippen molar-refractivity contribution < 1.29 is 36.2 Å². The number of aryl methyl sites for hydroxylation is 1. The number of rotatable bonds is 7. The highest BCUT2D eigenvalue weighted by Crippen LogP contribution is 2.38. The molecule has 5 heterocycles. The molecule has 2 N–H and O–H groups in total. The van der Waals surface area contributed by atoms with Crippen LogP contribution in [0, 0.1) is 10.8 Å². The van der Waals surface area contributed by atoms with E-state index in [9.17, 15) is 31.5 Å². The van der Waals surface area contributed by atoms with Crippen LogP contribution in [0.4, 0.5) is 24.8 Å². The smallest absolute Gasteiger partial charge is 0.397 e. The third kappa shape index (κ3) is 7.56. The number of benzene rings is 1. The first kappa shape index (κ1) is 36.3. The van der Waals surface area contributed by atoms with E-state index < -0.39 is 39.6 Å². The lowest BCUT2D eigenvalue weighted by molar-refractivity contribution is -0.219. The summed E-state index contributed by atoms with van der Waals surface area (Å²) in [5.74, 6) is -0.837. The molecule has 4 aromatic heterocycles. The van der Waals surface area contributed by atoms with Crippen molar-refractivity contribution in [1.29, 1.82) is 0 Å². The number of fused-ring (bicyclic) bond motifs is 9. The first-order valence-electron chi connectivity index (χ1n) is 16.2. The van der Waals surface area contributed by atoms with Crippen LogP contribution >= 0.6 is 0 Å². The molecule has 0 unspecified atom stereocenters. The van der Waals surface area contributed by atoms with E-state index in [1.54, 1.807) is 47.8 Å². The van der Waals surface area contributed by atoms with Crippen molar-refractivity contribution in [2.24, 2.45) is 10.8 Å². The van der Waals surface area contributed by atoms with Crippen molar-refractivity contribution in [3.05, 3.63) is 73.3 Å². The van der Waals surface area contributed by atoms with Crippen LogP contribution in [0.1, 0.15) is 34.1 Å². The molecule has 1 aliphatic heterocycles. The Balaban J connectivity index is 1.45. The topological polar surface area (TPSA) is 170 Å². The van der Waals surface area contributed by atoms with Crippen molar-refractivity contribution in [2.75, 3.05) is 29.3 Å². The number of ether oxygens (including phenoxy) is 1. The number of nitrogens with one attached hydrogen (secondary N) is 1. The van der Waals surface area contributed by atoms with Crippen molar-refractivity contribution in [3.8, 4) is 34.1 Å². The van der Waals surface area contributed by atoms with E-state index in [4.69, 9.17) is 4.74 Å². The third-order valence-electron chi connectivity index (χ3n) is 8.54. The van der Waals surface area contributed by atoms with Gasteiger partial charge in [-0.1, -0.05) is 30.3 Å². The molecule has 0 spiro atoms. The predicted molar refractivity (Wildman–Crippen MR) is 184 cm³/mol. The van der Waals surface area contributed by atoms with E-state index >= 15 is 0 Å². The number of alkyl halides is 3. The monoisotopic (exact) mass is 739 g/mol. The Morgan fingerprint density at radius 2 is 1.73 bits per heavy atom. The molecule has 0 radical (unpaired) electrons. The highest BCUT2D eigenvalue weighted by Gasteiger charge is 2.48. The van der Waals surface area contributed by atoms with Gasteiger partial charge in [0.15, 0.2) is 16.7 Å². The number of hydrogen-bond acceptors (Lipinski definition) is 10. The Morgan fingerprint density at radius 1 is 0.981 bits per heavy atom. The molecule has 5 aromatic rings. The number of carbonyl (C=O) groups is 1. The lowest BCUT2D eigenvalue weighted by atomic mass is 9.93. The van der Waals surface area contributed by atoms with E-state index in [-0.39, 0.29) is 40.6 Å². The maximum atomic E-state index is 13.7. The molecule has 0 fully saturated rings. The summed E-state index contributed by atoms with van der Waals surface area (Å²) in [6.07, 6.45) is 2.20. The Labute approximate surface area is 297 Å². The molecule has 0 saturated heterocycles. The minimum Gasteiger partial charge on any atom is -0.481 e. The number of aromatic nitrogens is 7. The SMILES string of the molecule is CC(C)(CN1CCCn2cc(cn2)-c2ccccc2-c2nc(cnc2-n2ccc(OCC(C)(C)C(F)(F)F)n2)NS(=O)(=O)c2cccc1n2)C(=O)O. The van der Waals surface area contributed by atoms with Gasteiger partial charge in [0, 0.05) is 49.2 Å². The van der Waals surface area contributed by atoms with Crippen LogP contribution in [0.15, 0.2) is 78.3 Å². The zero-order valence-corrected chi connectivity index (χ0v) is 29.5. The summed E-state index contributed by atoms with van der Waals surface area (Å²) in [5, 5.41) is 18.4. The molecule has 0 saturated carbocycles. The standard InChI is InChI=1S/C34H36F3N9O5S/c1-32(2,31(47)48)20-44-14-8-15-45-19-22(17-39-45)23-9-5-6-10-24(23)29-30(46-16-13-27(42-46)51-21-33(3,4)34(35,36)37)38-18-25(40-29)43-52(49,50)28-12-7-11-26(44)41-28/h5-7,9-13,16-19H,8,14-15,20-21H2,1-4H3,(H,40,43)(H,47,48). The summed E-state index contributed by atoms with van der Waals surface area (Å²) < 4.78 is 78.8. The zero-order valence-electron chi connectivity index (χ0n) is 28.7. The summed E-state index contributed by atoms with van der Waals surface area (Å²) in [5.41, 5.74) is -1.18. The summed E-state index contributed by atoms with van der Waals surface area (Å²) in [6.45, 7) is 5.41. The summed E-state index contributed by atoms with van der Waals surface area (Å²) >= 11 is 0. The maximum Gasteiger partial charge on any atom is 0.397 e. The van der Waals surface area contributed by atoms with Crippen molar-refractivity contribution in [1.82, 2.24) is 34.5 Å². The number of aliphatic carboxylic acids is 1. The molecule has 18 heteroatoms. The highest BCUT2D eigenvalue weighted by molar-refractivity contribution is 7.92. The lowest BCUT2D eigenvalue weighted by Crippen LogP contribution is -2.40. The van der Waals surface area contributed by atoms with Crippen LogP contribution in [0.25, 0.3) is 28.2 Å². The molecular formula is C34H36F3N9O5S. The molecule has 0 aliphatic carbocycles. The second-order valence-corrected chi connectivity index (χ2v) is 15.3. The Hall–Kier alpha value is -5.52. The molecule has 1 aliphatic rings. The van der Waals surface area contributed by atoms with Crippen LogP contribution in [0.3, 0.4) is 0 Å². The van der Waals surface area contributed by atoms with Gasteiger partial charge in [-0.2, -0.15) is 26.7 Å². The van der Waals surface area contributed by atoms with Crippen molar-refractivity contribution >= 4 is 27.6 Å². The van der Waals surface area contributed by atoms with Crippen LogP contribution in [-0.2, 0) is 21.4 Å². The predicted octanol–water partition coefficient (Wildman–Crippen LogP) is 5.68. The van der Waals surface area contributed by atoms with Gasteiger partial charge in [-0.3, -0.25) is 14.2 Å². The van der Waals surface area contributed by atoms with Crippen LogP contribution in [0.2, 0.25) is 0 Å². The van der Waals surface area contributed by atoms with Crippen molar-refractivity contribution in [2.45, 2.75) is 51.9 Å². The molecule has 0 amide bonds. The Bertz CT molecular complexity index is 2220. The first-order valence-corrected chi connectivity index (χ1v) is 17.6. The number of sulfonamides is 1. The zero-order chi connectivity index (χ0) is 37.5. The number of halogens is 3. The number of pyridine rings is 1. The lowest BCUT2D eigenvalue weighted by Gasteiger charge is -2.31. The molecule has 1 aromatic carbocycles. The van der Waals surface area contributed by atoms with Crippen LogP contribution in [0.5, 0.6) is 5.88 Å². The van der Waals surface area contributed by atoms with Gasteiger partial charge in [0.2, 0.25) is 5.88 Å². The fourth-order valence-corrected chi connectivity index (χ4v) is 6.30. The van der Waals surface area contributed by atoms with Gasteiger partial charge in [0.25, 0.3) is 10.0 Å². The minimum atomic E-state index is -4.50. The van der Waals surface area contributed by atoms with Gasteiger partial charge in [-0.05, 0) is 51.8 Å². The Morgan fingerprint density at radius 3 is 2.46 bits per heavy atom. The second-order valence-electron chi connectivity index (χ2n) is 13.6. The molecule has 52 heavy (non-hydrogen) atoms. The Kier molecular flexibility index (Phi) is 9.46. The van der Waals surface area contributed by atoms with Crippen LogP contribution < -0.4 is 14.4 Å². The first-order chi connectivity index (χ1) is 24.4. The molecular weight excluding hydrogens is 703 g/mol. The van der Waals surface area contributed by atoms with E-state index in [2.05, 4.69) is 29.9 Å². The van der Waals surface area contributed by atoms with Crippen LogP contribution in [-0.4, -0.2) is 79.9 Å². The largest absolute Gasteiger partial charge is 0.481 e. The average Bonchev–Trinajstić information content (AvgIpc) is 3.76. The van der Waals surface area contributed by atoms with Gasteiger partial charge in [-0.15, -0.1) is 5.10 Å². The number of anilines is 2.